The maximum atomic E-state index is 14.9. The number of piperazine rings is 1. The molecule has 1 atom stereocenters. The second-order valence-corrected chi connectivity index (χ2v) is 9.49. The number of nitriles is 1. The number of nitrogens with zero attached hydrogens (tertiary/aromatic N) is 4. The minimum absolute atomic E-state index is 0.0559. The second-order valence-electron chi connectivity index (χ2n) is 9.49. The predicted octanol–water partition coefficient (Wildman–Crippen LogP) is 3.46. The Morgan fingerprint density at radius 2 is 1.95 bits per heavy atom. The molecule has 1 aromatic heterocycles. The number of ether oxygens (including phenoxy) is 1. The Kier molecular flexibility index (Phi) is 7.63. The third kappa shape index (κ3) is 5.83. The highest BCUT2D eigenvalue weighted by Gasteiger charge is 2.26. The van der Waals surface area contributed by atoms with Crippen LogP contribution in [0.1, 0.15) is 22.3 Å². The Morgan fingerprint density at radius 1 is 1.16 bits per heavy atom. The van der Waals surface area contributed by atoms with Crippen LogP contribution in [0.25, 0.3) is 0 Å². The summed E-state index contributed by atoms with van der Waals surface area (Å²) in [6.45, 7) is 3.67. The third-order valence-corrected chi connectivity index (χ3v) is 6.84. The van der Waals surface area contributed by atoms with Crippen LogP contribution in [0.15, 0.2) is 71.6 Å². The van der Waals surface area contributed by atoms with Crippen LogP contribution in [0, 0.1) is 17.1 Å². The van der Waals surface area contributed by atoms with Gasteiger partial charge in [0.05, 0.1) is 11.6 Å². The highest BCUT2D eigenvalue weighted by Crippen LogP contribution is 2.29. The number of carbonyl (C=O) groups is 1. The lowest BCUT2D eigenvalue weighted by Gasteiger charge is -2.36. The van der Waals surface area contributed by atoms with Crippen LogP contribution in [-0.2, 0) is 24.2 Å². The highest BCUT2D eigenvalue weighted by atomic mass is 19.1. The summed E-state index contributed by atoms with van der Waals surface area (Å²) >= 11 is 0. The summed E-state index contributed by atoms with van der Waals surface area (Å²) < 4.78 is 20.7. The van der Waals surface area contributed by atoms with Gasteiger partial charge in [-0.25, -0.2) is 9.38 Å². The standard InChI is InChI=1S/C29H29FN6O2/c30-25-14-21(6-7-27(25)38-23-8-9-33-28-24(16-23)22(17-31)18-34-28)15-26(32)29(37)36-12-10-35(11-13-36)19-20-4-2-1-3-5-20/h1-9,14,18,26,34H,10-13,15-16,19,32H2/t26-/m0/s1. The van der Waals surface area contributed by atoms with E-state index < -0.39 is 11.9 Å². The molecule has 8 nitrogen and oxygen atoms in total. The van der Waals surface area contributed by atoms with Gasteiger partial charge in [-0.1, -0.05) is 36.4 Å². The van der Waals surface area contributed by atoms with Gasteiger partial charge in [0.2, 0.25) is 5.91 Å². The topological polar surface area (TPSA) is 111 Å². The minimum Gasteiger partial charge on any atom is -0.458 e. The molecule has 2 aromatic carbocycles. The van der Waals surface area contributed by atoms with Crippen molar-refractivity contribution in [3.63, 3.8) is 0 Å². The molecule has 3 N–H and O–H groups in total. The molecule has 2 aliphatic heterocycles. The summed E-state index contributed by atoms with van der Waals surface area (Å²) in [5.41, 5.74) is 9.29. The number of benzene rings is 2. The number of nitrogens with two attached hydrogens (primary N) is 1. The summed E-state index contributed by atoms with van der Waals surface area (Å²) in [4.78, 5) is 24.3. The van der Waals surface area contributed by atoms with Crippen molar-refractivity contribution in [1.82, 2.24) is 14.8 Å². The number of halogens is 1. The first-order chi connectivity index (χ1) is 18.5. The average Bonchev–Trinajstić information content (AvgIpc) is 3.20. The molecule has 5 rings (SSSR count). The van der Waals surface area contributed by atoms with Crippen LogP contribution in [-0.4, -0.2) is 59.1 Å². The molecule has 0 saturated carbocycles. The number of hydrogen-bond donors (Lipinski definition) is 2. The van der Waals surface area contributed by atoms with Crippen LogP contribution in [0.3, 0.4) is 0 Å². The van der Waals surface area contributed by atoms with E-state index in [1.165, 1.54) is 17.7 Å². The zero-order valence-electron chi connectivity index (χ0n) is 20.9. The van der Waals surface area contributed by atoms with Crippen molar-refractivity contribution in [1.29, 1.82) is 5.26 Å². The maximum Gasteiger partial charge on any atom is 0.239 e. The molecular weight excluding hydrogens is 483 g/mol. The van der Waals surface area contributed by atoms with E-state index in [2.05, 4.69) is 33.1 Å². The minimum atomic E-state index is -0.751. The quantitative estimate of drug-likeness (QED) is 0.504. The number of H-pyrrole nitrogens is 1. The molecule has 194 valence electrons. The Labute approximate surface area is 220 Å². The van der Waals surface area contributed by atoms with E-state index in [0.29, 0.717) is 47.8 Å². The van der Waals surface area contributed by atoms with Gasteiger partial charge in [-0.15, -0.1) is 0 Å². The molecule has 0 unspecified atom stereocenters. The summed E-state index contributed by atoms with van der Waals surface area (Å²) in [7, 11) is 0. The van der Waals surface area contributed by atoms with Crippen molar-refractivity contribution in [2.75, 3.05) is 26.2 Å². The van der Waals surface area contributed by atoms with Crippen molar-refractivity contribution in [3.05, 3.63) is 94.6 Å². The molecule has 0 aliphatic carbocycles. The molecule has 0 radical (unpaired) electrons. The van der Waals surface area contributed by atoms with E-state index in [1.807, 2.05) is 18.2 Å². The number of hydrogen-bond acceptors (Lipinski definition) is 6. The van der Waals surface area contributed by atoms with E-state index >= 15 is 0 Å². The fraction of sp³-hybridized carbons (Fsp3) is 0.276. The van der Waals surface area contributed by atoms with Gasteiger partial charge in [-0.05, 0) is 35.8 Å². The largest absolute Gasteiger partial charge is 0.458 e. The van der Waals surface area contributed by atoms with E-state index in [1.54, 1.807) is 29.5 Å². The molecule has 2 aliphatic rings. The summed E-state index contributed by atoms with van der Waals surface area (Å²) in [6, 6.07) is 16.3. The van der Waals surface area contributed by atoms with Crippen molar-refractivity contribution >= 4 is 17.9 Å². The van der Waals surface area contributed by atoms with Crippen molar-refractivity contribution in [3.8, 4) is 11.8 Å². The zero-order chi connectivity index (χ0) is 26.5. The molecule has 1 fully saturated rings. The highest BCUT2D eigenvalue weighted by molar-refractivity contribution is 5.82. The average molecular weight is 513 g/mol. The first-order valence-electron chi connectivity index (χ1n) is 12.6. The number of fused-ring (bicyclic) bond motifs is 1. The van der Waals surface area contributed by atoms with Gasteiger partial charge >= 0.3 is 0 Å². The molecule has 1 amide bonds. The maximum absolute atomic E-state index is 14.9. The molecule has 38 heavy (non-hydrogen) atoms. The monoisotopic (exact) mass is 512 g/mol. The molecule has 0 spiro atoms. The van der Waals surface area contributed by atoms with Gasteiger partial charge in [-0.2, -0.15) is 5.26 Å². The van der Waals surface area contributed by atoms with Crippen molar-refractivity contribution in [2.24, 2.45) is 10.7 Å². The van der Waals surface area contributed by atoms with Crippen molar-refractivity contribution < 1.29 is 13.9 Å². The lowest BCUT2D eigenvalue weighted by atomic mass is 10.0. The zero-order valence-corrected chi connectivity index (χ0v) is 20.9. The predicted molar refractivity (Wildman–Crippen MR) is 142 cm³/mol. The van der Waals surface area contributed by atoms with E-state index in [0.717, 1.165) is 19.6 Å². The molecule has 9 heteroatoms. The summed E-state index contributed by atoms with van der Waals surface area (Å²) in [6.07, 6.45) is 5.33. The van der Waals surface area contributed by atoms with Crippen molar-refractivity contribution in [2.45, 2.75) is 25.4 Å². The molecular formula is C29H29FN6O2. The Morgan fingerprint density at radius 3 is 2.68 bits per heavy atom. The number of rotatable bonds is 7. The molecule has 3 heterocycles. The number of nitrogens with one attached hydrogen (secondary N) is 1. The summed E-state index contributed by atoms with van der Waals surface area (Å²) in [5, 5.41) is 9.30. The van der Waals surface area contributed by atoms with Gasteiger partial charge in [0, 0.05) is 57.1 Å². The molecule has 1 saturated heterocycles. The second kappa shape index (κ2) is 11.4. The normalized spacial score (nSPS) is 16.2. The number of amides is 1. The fourth-order valence-corrected chi connectivity index (χ4v) is 4.77. The number of aliphatic imine (C=N–C) groups is 1. The smallest absolute Gasteiger partial charge is 0.239 e. The van der Waals surface area contributed by atoms with E-state index in [-0.39, 0.29) is 18.1 Å². The SMILES string of the molecule is N#Cc1c[nH]c2c1CC(Oc1ccc(C[C@H](N)C(=O)N3CCN(Cc4ccccc4)CC3)cc1F)=CC=N2. The Balaban J connectivity index is 1.15. The van der Waals surface area contributed by atoms with Gasteiger partial charge in [-0.3, -0.25) is 9.69 Å². The van der Waals surface area contributed by atoms with Crippen LogP contribution < -0.4 is 10.5 Å². The Bertz CT molecular complexity index is 1400. The first kappa shape index (κ1) is 25.4. The van der Waals surface area contributed by atoms with E-state index in [4.69, 9.17) is 10.5 Å². The first-order valence-corrected chi connectivity index (χ1v) is 12.6. The third-order valence-electron chi connectivity index (χ3n) is 6.84. The van der Waals surface area contributed by atoms with Gasteiger partial charge in [0.25, 0.3) is 0 Å². The van der Waals surface area contributed by atoms with Crippen LogP contribution in [0.5, 0.6) is 5.75 Å². The number of carbonyl (C=O) groups excluding carboxylic acids is 1. The molecule has 3 aromatic rings. The summed E-state index contributed by atoms with van der Waals surface area (Å²) in [5.74, 6) is 0.439. The van der Waals surface area contributed by atoms with E-state index in [9.17, 15) is 14.4 Å². The van der Waals surface area contributed by atoms with Crippen LogP contribution in [0.2, 0.25) is 0 Å². The lowest BCUT2D eigenvalue weighted by Crippen LogP contribution is -2.53. The van der Waals surface area contributed by atoms with Gasteiger partial charge in [0.15, 0.2) is 11.6 Å². The fourth-order valence-electron chi connectivity index (χ4n) is 4.77. The Hall–Kier alpha value is -4.26. The lowest BCUT2D eigenvalue weighted by molar-refractivity contribution is -0.134. The number of aromatic nitrogens is 1. The van der Waals surface area contributed by atoms with Crippen LogP contribution in [0.4, 0.5) is 10.2 Å². The van der Waals surface area contributed by atoms with Gasteiger partial charge < -0.3 is 20.4 Å². The van der Waals surface area contributed by atoms with Gasteiger partial charge in [0.1, 0.15) is 17.6 Å². The number of allylic oxidation sites excluding steroid dienone is 2. The van der Waals surface area contributed by atoms with Crippen LogP contribution >= 0.6 is 0 Å². The molecule has 0 bridgehead atoms. The number of aromatic amines is 1.